The fourth-order valence-corrected chi connectivity index (χ4v) is 6.00. The van der Waals surface area contributed by atoms with Crippen LogP contribution in [0.2, 0.25) is 10.0 Å². The van der Waals surface area contributed by atoms with Crippen LogP contribution in [-0.2, 0) is 37.6 Å². The molecule has 271 valence electrons. The second-order valence-corrected chi connectivity index (χ2v) is 14.2. The Labute approximate surface area is 319 Å². The summed E-state index contributed by atoms with van der Waals surface area (Å²) in [6.45, 7) is 0. The summed E-state index contributed by atoms with van der Waals surface area (Å²) in [5.41, 5.74) is -0.603. The Morgan fingerprint density at radius 2 is 0.981 bits per heavy atom. The molecule has 0 spiro atoms. The van der Waals surface area contributed by atoms with Gasteiger partial charge in [0.25, 0.3) is 20.2 Å². The van der Waals surface area contributed by atoms with Crippen molar-refractivity contribution in [3.05, 3.63) is 95.0 Å². The average molecular weight is 839 g/mol. The molecule has 53 heavy (non-hydrogen) atoms. The predicted octanol–water partition coefficient (Wildman–Crippen LogP) is 6.65. The van der Waals surface area contributed by atoms with Gasteiger partial charge in [-0.3, -0.25) is 9.11 Å². The van der Waals surface area contributed by atoms with E-state index in [1.807, 2.05) is 0 Å². The number of nitrogens with zero attached hydrogens (tertiary/aromatic N) is 4. The summed E-state index contributed by atoms with van der Waals surface area (Å²) in [6.07, 6.45) is 0. The van der Waals surface area contributed by atoms with E-state index >= 15 is 0 Å². The van der Waals surface area contributed by atoms with E-state index in [0.29, 0.717) is 11.1 Å². The van der Waals surface area contributed by atoms with Crippen LogP contribution in [-0.4, -0.2) is 41.3 Å². The number of benzene rings is 6. The molecule has 0 aliphatic carbocycles. The van der Waals surface area contributed by atoms with Crippen LogP contribution >= 0.6 is 23.2 Å². The molecular weight excluding hydrogens is 819 g/mol. The molecule has 0 saturated carbocycles. The molecule has 5 N–H and O–H groups in total. The number of aromatic hydroxyl groups is 3. The van der Waals surface area contributed by atoms with Crippen LogP contribution in [0.3, 0.4) is 0 Å². The second kappa shape index (κ2) is 15.8. The Kier molecular flexibility index (Phi) is 12.1. The zero-order chi connectivity index (χ0) is 38.1. The molecule has 0 saturated heterocycles. The van der Waals surface area contributed by atoms with Gasteiger partial charge < -0.3 is 30.6 Å². The second-order valence-electron chi connectivity index (χ2n) is 10.5. The monoisotopic (exact) mass is 837 g/mol. The third-order valence-corrected chi connectivity index (χ3v) is 9.12. The third-order valence-electron chi connectivity index (χ3n) is 6.98. The molecule has 6 rings (SSSR count). The number of fused-ring (bicyclic) bond motifs is 2. The van der Waals surface area contributed by atoms with E-state index in [1.54, 1.807) is 0 Å². The van der Waals surface area contributed by atoms with Gasteiger partial charge >= 0.3 is 17.4 Å². The molecule has 0 aliphatic rings. The third kappa shape index (κ3) is 9.23. The number of phenols is 3. The minimum absolute atomic E-state index is 0. The summed E-state index contributed by atoms with van der Waals surface area (Å²) in [5, 5.41) is 81.7. The van der Waals surface area contributed by atoms with Gasteiger partial charge in [0.15, 0.2) is 0 Å². The smallest absolute Gasteiger partial charge is 0.872 e. The summed E-state index contributed by atoms with van der Waals surface area (Å²) >= 11 is 11.6. The largest absolute Gasteiger partial charge is 3.00 e. The van der Waals surface area contributed by atoms with Crippen LogP contribution in [0.1, 0.15) is 0 Å². The average Bonchev–Trinajstić information content (AvgIpc) is 3.06. The van der Waals surface area contributed by atoms with Crippen molar-refractivity contribution in [1.82, 2.24) is 0 Å². The fraction of sp³-hybridized carbons (Fsp3) is 0. The topological polar surface area (TPSA) is 288 Å². The Hall–Kier alpha value is -5.23. The number of hydrogen-bond acceptors (Lipinski definition) is 14. The van der Waals surface area contributed by atoms with Gasteiger partial charge in [-0.15, -0.1) is 10.2 Å². The fourth-order valence-electron chi connectivity index (χ4n) is 4.60. The van der Waals surface area contributed by atoms with Crippen molar-refractivity contribution in [2.75, 3.05) is 0 Å². The molecule has 0 unspecified atom stereocenters. The minimum Gasteiger partial charge on any atom is -0.872 e. The van der Waals surface area contributed by atoms with E-state index in [9.17, 15) is 47.5 Å². The summed E-state index contributed by atoms with van der Waals surface area (Å²) < 4.78 is 63.2. The van der Waals surface area contributed by atoms with E-state index in [1.165, 1.54) is 54.6 Å². The summed E-state index contributed by atoms with van der Waals surface area (Å²) in [7, 11) is -9.12. The Morgan fingerprint density at radius 1 is 0.491 bits per heavy atom. The van der Waals surface area contributed by atoms with E-state index in [-0.39, 0.29) is 78.2 Å². The van der Waals surface area contributed by atoms with Crippen molar-refractivity contribution in [3.63, 3.8) is 0 Å². The standard InChI is InChI=1S/2C16H11ClN2O6S.Cr/c2*17-9-2-4-12(20)11(6-9)18-19-16-13(21)3-1-8-5-10(26(23,24)25)7-14(22)15(8)16;/h2*1-7,20-22H,(H,23,24,25);/q;;+3/p-3. The van der Waals surface area contributed by atoms with Gasteiger partial charge in [-0.25, -0.2) is 0 Å². The number of halogens is 2. The van der Waals surface area contributed by atoms with Gasteiger partial charge in [-0.05, 0) is 65.4 Å². The molecule has 0 fully saturated rings. The molecule has 0 heterocycles. The molecule has 6 aromatic carbocycles. The van der Waals surface area contributed by atoms with Crippen LogP contribution < -0.4 is 15.3 Å². The van der Waals surface area contributed by atoms with Gasteiger partial charge in [-0.1, -0.05) is 64.7 Å². The van der Waals surface area contributed by atoms with Crippen molar-refractivity contribution in [2.24, 2.45) is 20.5 Å². The SMILES string of the molecule is O=S(=O)(O)c1cc(O)c2c(N=Nc3cc(Cl)ccc3O)c(O)ccc2c1.O=S(=O)(O)c1cc([O-])c2c(N=Nc3cc(Cl)ccc3[O-])c([O-])ccc2c1.[Cr+3]. The first kappa shape index (κ1) is 40.5. The zero-order valence-corrected chi connectivity index (χ0v) is 30.4. The molecule has 6 aromatic rings. The van der Waals surface area contributed by atoms with Crippen LogP contribution in [0.4, 0.5) is 22.7 Å². The van der Waals surface area contributed by atoms with Gasteiger partial charge in [0.2, 0.25) is 0 Å². The normalized spacial score (nSPS) is 11.8. The first-order valence-corrected chi connectivity index (χ1v) is 17.6. The van der Waals surface area contributed by atoms with Crippen molar-refractivity contribution >= 4 is 87.7 Å². The van der Waals surface area contributed by atoms with Crippen LogP contribution in [0.5, 0.6) is 34.5 Å². The van der Waals surface area contributed by atoms with Gasteiger partial charge in [-0.2, -0.15) is 27.1 Å². The molecule has 0 amide bonds. The molecule has 0 atom stereocenters. The maximum absolute atomic E-state index is 12.3. The quantitative estimate of drug-likeness (QED) is 0.0871. The zero-order valence-electron chi connectivity index (χ0n) is 25.9. The van der Waals surface area contributed by atoms with E-state index in [0.717, 1.165) is 24.3 Å². The molecule has 0 aliphatic heterocycles. The molecular formula is C32H19Cl2CrN4O12S2. The molecule has 1 radical (unpaired) electrons. The van der Waals surface area contributed by atoms with E-state index in [4.69, 9.17) is 32.3 Å². The molecule has 0 aromatic heterocycles. The van der Waals surface area contributed by atoms with Crippen molar-refractivity contribution in [1.29, 1.82) is 0 Å². The van der Waals surface area contributed by atoms with Crippen molar-refractivity contribution in [3.8, 4) is 34.5 Å². The van der Waals surface area contributed by atoms with Crippen LogP contribution in [0.15, 0.2) is 115 Å². The Balaban J connectivity index is 0.000000232. The molecule has 16 nitrogen and oxygen atoms in total. The number of azo groups is 2. The first-order chi connectivity index (χ1) is 24.3. The number of rotatable bonds is 6. The van der Waals surface area contributed by atoms with Crippen LogP contribution in [0.25, 0.3) is 21.5 Å². The molecule has 0 bridgehead atoms. The summed E-state index contributed by atoms with van der Waals surface area (Å²) in [4.78, 5) is -1.11. The minimum atomic E-state index is -4.59. The maximum atomic E-state index is 12.3. The van der Waals surface area contributed by atoms with E-state index in [2.05, 4.69) is 20.5 Å². The maximum Gasteiger partial charge on any atom is 3.00 e. The van der Waals surface area contributed by atoms with Crippen molar-refractivity contribution in [2.45, 2.75) is 9.79 Å². The first-order valence-electron chi connectivity index (χ1n) is 14.0. The van der Waals surface area contributed by atoms with Crippen molar-refractivity contribution < 1.29 is 73.9 Å². The Morgan fingerprint density at radius 3 is 1.62 bits per heavy atom. The van der Waals surface area contributed by atoms with E-state index < -0.39 is 53.0 Å². The van der Waals surface area contributed by atoms with Gasteiger partial charge in [0.1, 0.15) is 28.6 Å². The summed E-state index contributed by atoms with van der Waals surface area (Å²) in [6, 6.07) is 16.4. The van der Waals surface area contributed by atoms with Gasteiger partial charge in [0, 0.05) is 21.5 Å². The number of phenolic OH excluding ortho intramolecular Hbond substituents is 3. The predicted molar refractivity (Wildman–Crippen MR) is 182 cm³/mol. The van der Waals surface area contributed by atoms with Crippen LogP contribution in [0, 0.1) is 0 Å². The Bertz CT molecular complexity index is 2510. The molecule has 21 heteroatoms. The summed E-state index contributed by atoms with van der Waals surface area (Å²) in [5.74, 6) is -3.03. The number of hydrogen-bond donors (Lipinski definition) is 5. The van der Waals surface area contributed by atoms with Gasteiger partial charge in [0.05, 0.1) is 26.6 Å².